The van der Waals surface area contributed by atoms with E-state index in [9.17, 15) is 10.2 Å². The molecule has 0 saturated heterocycles. The van der Waals surface area contributed by atoms with Crippen molar-refractivity contribution in [3.63, 3.8) is 0 Å². The van der Waals surface area contributed by atoms with Crippen molar-refractivity contribution in [2.24, 2.45) is 0 Å². The van der Waals surface area contributed by atoms with E-state index in [0.29, 0.717) is 13.1 Å². The Bertz CT molecular complexity index is 531. The summed E-state index contributed by atoms with van der Waals surface area (Å²) in [4.78, 5) is 4.58. The standard InChI is InChI=1S/C40H84N2O2S2/c1-5-7-9-11-13-15-17-19-21-23-25-27-29-31-39(43)37-42(34-36-46-45-35-33-41(3)4)38-40(44)32-30-28-26-24-22-20-18-16-14-12-10-8-6-2/h39-40,43-44H,5-38H2,1-4H3. The van der Waals surface area contributed by atoms with Crippen molar-refractivity contribution in [3.05, 3.63) is 0 Å². The van der Waals surface area contributed by atoms with Crippen LogP contribution in [0.1, 0.15) is 194 Å². The molecule has 0 heterocycles. The van der Waals surface area contributed by atoms with Gasteiger partial charge in [0.2, 0.25) is 0 Å². The van der Waals surface area contributed by atoms with E-state index in [1.54, 1.807) is 0 Å². The zero-order valence-electron chi connectivity index (χ0n) is 31.8. The summed E-state index contributed by atoms with van der Waals surface area (Å²) in [6.07, 6.45) is 36.6. The van der Waals surface area contributed by atoms with Crippen LogP contribution >= 0.6 is 21.6 Å². The molecule has 0 saturated carbocycles. The predicted molar refractivity (Wildman–Crippen MR) is 213 cm³/mol. The molecule has 0 aliphatic carbocycles. The van der Waals surface area contributed by atoms with Gasteiger partial charge in [0.1, 0.15) is 0 Å². The molecule has 278 valence electrons. The number of aliphatic hydroxyl groups excluding tert-OH is 2. The van der Waals surface area contributed by atoms with Crippen LogP contribution in [0.15, 0.2) is 0 Å². The zero-order chi connectivity index (χ0) is 33.8. The molecule has 0 fully saturated rings. The van der Waals surface area contributed by atoms with Crippen molar-refractivity contribution in [1.29, 1.82) is 0 Å². The molecule has 2 unspecified atom stereocenters. The van der Waals surface area contributed by atoms with E-state index in [4.69, 9.17) is 0 Å². The first-order chi connectivity index (χ1) is 22.5. The Morgan fingerprint density at radius 3 is 1.00 bits per heavy atom. The van der Waals surface area contributed by atoms with Gasteiger partial charge < -0.3 is 15.1 Å². The molecular formula is C40H84N2O2S2. The van der Waals surface area contributed by atoms with Crippen molar-refractivity contribution >= 4 is 21.6 Å². The van der Waals surface area contributed by atoms with E-state index in [2.05, 4.69) is 37.7 Å². The van der Waals surface area contributed by atoms with E-state index < -0.39 is 0 Å². The van der Waals surface area contributed by atoms with E-state index >= 15 is 0 Å². The first-order valence-corrected chi connectivity index (χ1v) is 23.0. The fourth-order valence-electron chi connectivity index (χ4n) is 6.34. The highest BCUT2D eigenvalue weighted by Gasteiger charge is 2.16. The van der Waals surface area contributed by atoms with Gasteiger partial charge >= 0.3 is 0 Å². The highest BCUT2D eigenvalue weighted by atomic mass is 33.1. The number of unbranched alkanes of at least 4 members (excludes halogenated alkanes) is 24. The molecule has 0 aromatic heterocycles. The van der Waals surface area contributed by atoms with Crippen LogP contribution in [-0.4, -0.2) is 84.0 Å². The Morgan fingerprint density at radius 2 is 0.696 bits per heavy atom. The second-order valence-corrected chi connectivity index (χ2v) is 17.3. The first kappa shape index (κ1) is 46.5. The van der Waals surface area contributed by atoms with Crippen molar-refractivity contribution < 1.29 is 10.2 Å². The number of nitrogens with zero attached hydrogens (tertiary/aromatic N) is 2. The van der Waals surface area contributed by atoms with Crippen LogP contribution in [0.2, 0.25) is 0 Å². The van der Waals surface area contributed by atoms with Gasteiger partial charge in [0, 0.05) is 37.7 Å². The van der Waals surface area contributed by atoms with Crippen molar-refractivity contribution in [1.82, 2.24) is 9.80 Å². The fraction of sp³-hybridized carbons (Fsp3) is 1.00. The summed E-state index contributed by atoms with van der Waals surface area (Å²) in [5.41, 5.74) is 0. The monoisotopic (exact) mass is 689 g/mol. The molecule has 0 bridgehead atoms. The molecule has 0 aromatic carbocycles. The molecule has 0 spiro atoms. The number of rotatable bonds is 39. The van der Waals surface area contributed by atoms with Crippen LogP contribution in [0, 0.1) is 0 Å². The highest BCUT2D eigenvalue weighted by Crippen LogP contribution is 2.21. The molecular weight excluding hydrogens is 605 g/mol. The second-order valence-electron chi connectivity index (χ2n) is 14.6. The van der Waals surface area contributed by atoms with Crippen molar-refractivity contribution in [2.45, 2.75) is 206 Å². The van der Waals surface area contributed by atoms with Gasteiger partial charge in [-0.05, 0) is 26.9 Å². The average molecular weight is 689 g/mol. The summed E-state index contributed by atoms with van der Waals surface area (Å²) in [6.45, 7) is 8.05. The molecule has 0 aliphatic heterocycles. The van der Waals surface area contributed by atoms with E-state index in [1.807, 2.05) is 21.6 Å². The highest BCUT2D eigenvalue weighted by molar-refractivity contribution is 8.76. The molecule has 0 aliphatic rings. The normalized spacial score (nSPS) is 13.3. The zero-order valence-corrected chi connectivity index (χ0v) is 33.4. The molecule has 2 N–H and O–H groups in total. The minimum Gasteiger partial charge on any atom is -0.392 e. The lowest BCUT2D eigenvalue weighted by atomic mass is 10.0. The molecule has 0 aromatic rings. The third kappa shape index (κ3) is 37.4. The van der Waals surface area contributed by atoms with Crippen LogP contribution in [0.25, 0.3) is 0 Å². The number of aliphatic hydroxyl groups is 2. The van der Waals surface area contributed by atoms with Crippen molar-refractivity contribution in [3.8, 4) is 0 Å². The van der Waals surface area contributed by atoms with Gasteiger partial charge in [0.15, 0.2) is 0 Å². The summed E-state index contributed by atoms with van der Waals surface area (Å²) in [5, 5.41) is 21.7. The lowest BCUT2D eigenvalue weighted by molar-refractivity contribution is 0.0639. The fourth-order valence-corrected chi connectivity index (χ4v) is 8.50. The van der Waals surface area contributed by atoms with Gasteiger partial charge in [-0.1, -0.05) is 202 Å². The number of hydrogen-bond acceptors (Lipinski definition) is 6. The molecule has 46 heavy (non-hydrogen) atoms. The molecule has 4 nitrogen and oxygen atoms in total. The SMILES string of the molecule is CCCCCCCCCCCCCCCC(O)CN(CCSSCCN(C)C)CC(O)CCCCCCCCCCCCCCC. The minimum absolute atomic E-state index is 0.275. The summed E-state index contributed by atoms with van der Waals surface area (Å²) >= 11 is 0. The van der Waals surface area contributed by atoms with Gasteiger partial charge in [-0.25, -0.2) is 0 Å². The van der Waals surface area contributed by atoms with Gasteiger partial charge in [0.05, 0.1) is 12.2 Å². The topological polar surface area (TPSA) is 46.9 Å². The van der Waals surface area contributed by atoms with E-state index in [0.717, 1.165) is 50.3 Å². The van der Waals surface area contributed by atoms with Crippen LogP contribution in [-0.2, 0) is 0 Å². The lowest BCUT2D eigenvalue weighted by Gasteiger charge is -2.27. The summed E-state index contributed by atoms with van der Waals surface area (Å²) in [5.74, 6) is 2.19. The van der Waals surface area contributed by atoms with Gasteiger partial charge in [0.25, 0.3) is 0 Å². The van der Waals surface area contributed by atoms with Crippen molar-refractivity contribution in [2.75, 3.05) is 51.8 Å². The second kappa shape index (κ2) is 38.3. The third-order valence-electron chi connectivity index (χ3n) is 9.42. The quantitative estimate of drug-likeness (QED) is 0.0495. The largest absolute Gasteiger partial charge is 0.392 e. The van der Waals surface area contributed by atoms with E-state index in [1.165, 1.54) is 154 Å². The maximum absolute atomic E-state index is 10.9. The van der Waals surface area contributed by atoms with Crippen LogP contribution in [0.3, 0.4) is 0 Å². The maximum Gasteiger partial charge on any atom is 0.0667 e. The Morgan fingerprint density at radius 1 is 0.413 bits per heavy atom. The Hall–Kier alpha value is 0.540. The molecule has 0 rings (SSSR count). The average Bonchev–Trinajstić information content (AvgIpc) is 3.03. The minimum atomic E-state index is -0.275. The van der Waals surface area contributed by atoms with Crippen LogP contribution in [0.4, 0.5) is 0 Å². The predicted octanol–water partition coefficient (Wildman–Crippen LogP) is 11.9. The summed E-state index contributed by atoms with van der Waals surface area (Å²) < 4.78 is 0. The Labute approximate surface area is 298 Å². The number of hydrogen-bond donors (Lipinski definition) is 2. The van der Waals surface area contributed by atoms with Gasteiger partial charge in [-0.3, -0.25) is 4.90 Å². The molecule has 2 atom stereocenters. The Balaban J connectivity index is 4.07. The van der Waals surface area contributed by atoms with E-state index in [-0.39, 0.29) is 12.2 Å². The van der Waals surface area contributed by atoms with Crippen LogP contribution < -0.4 is 0 Å². The molecule has 0 amide bonds. The molecule has 0 radical (unpaired) electrons. The Kier molecular flexibility index (Phi) is 38.8. The third-order valence-corrected chi connectivity index (χ3v) is 11.8. The lowest BCUT2D eigenvalue weighted by Crippen LogP contribution is -2.39. The summed E-state index contributed by atoms with van der Waals surface area (Å²) in [6, 6.07) is 0. The first-order valence-electron chi connectivity index (χ1n) is 20.5. The summed E-state index contributed by atoms with van der Waals surface area (Å²) in [7, 11) is 8.14. The smallest absolute Gasteiger partial charge is 0.0667 e. The molecule has 6 heteroatoms. The van der Waals surface area contributed by atoms with Gasteiger partial charge in [-0.15, -0.1) is 0 Å². The van der Waals surface area contributed by atoms with Gasteiger partial charge in [-0.2, -0.15) is 0 Å². The maximum atomic E-state index is 10.9. The van der Waals surface area contributed by atoms with Crippen LogP contribution in [0.5, 0.6) is 0 Å².